The fourth-order valence-electron chi connectivity index (χ4n) is 1.65. The van der Waals surface area contributed by atoms with Gasteiger partial charge < -0.3 is 10.6 Å². The van der Waals surface area contributed by atoms with Crippen molar-refractivity contribution < 1.29 is 0 Å². The van der Waals surface area contributed by atoms with Crippen LogP contribution in [0, 0.1) is 0 Å². The summed E-state index contributed by atoms with van der Waals surface area (Å²) in [6, 6.07) is 11.9. The number of rotatable bonds is 4. The molecule has 2 rings (SSSR count). The van der Waals surface area contributed by atoms with E-state index in [2.05, 4.69) is 26.1 Å². The van der Waals surface area contributed by atoms with E-state index in [1.165, 1.54) is 0 Å². The maximum absolute atomic E-state index is 5.51. The number of nitrogens with two attached hydrogens (primary N) is 1. The Morgan fingerprint density at radius 2 is 1.94 bits per heavy atom. The molecule has 1 heterocycles. The van der Waals surface area contributed by atoms with Gasteiger partial charge in [0.25, 0.3) is 0 Å². The van der Waals surface area contributed by atoms with Crippen molar-refractivity contribution in [3.05, 3.63) is 40.9 Å². The van der Waals surface area contributed by atoms with Gasteiger partial charge in [0.2, 0.25) is 0 Å². The van der Waals surface area contributed by atoms with Gasteiger partial charge >= 0.3 is 0 Å². The van der Waals surface area contributed by atoms with E-state index in [0.29, 0.717) is 6.54 Å². The number of anilines is 1. The van der Waals surface area contributed by atoms with Crippen molar-refractivity contribution in [1.29, 1.82) is 0 Å². The minimum absolute atomic E-state index is 0.601. The Kier molecular flexibility index (Phi) is 4.28. The summed E-state index contributed by atoms with van der Waals surface area (Å²) < 4.78 is 1.02. The molecule has 94 valence electrons. The van der Waals surface area contributed by atoms with Crippen LogP contribution in [0.25, 0.3) is 11.3 Å². The lowest BCUT2D eigenvalue weighted by atomic mass is 10.1. The summed E-state index contributed by atoms with van der Waals surface area (Å²) in [7, 11) is 1.95. The number of aromatic nitrogens is 2. The number of halogens is 1. The number of hydrogen-bond donors (Lipinski definition) is 1. The molecule has 0 saturated carbocycles. The molecule has 0 amide bonds. The minimum atomic E-state index is 0.601. The fraction of sp³-hybridized carbons (Fsp3) is 0.231. The van der Waals surface area contributed by atoms with E-state index in [1.807, 2.05) is 48.3 Å². The SMILES string of the molecule is CN(CCN)c1ccc(-c2ccccc2Br)nn1. The zero-order valence-electron chi connectivity index (χ0n) is 10.2. The molecule has 2 N–H and O–H groups in total. The molecule has 0 spiro atoms. The van der Waals surface area contributed by atoms with E-state index in [4.69, 9.17) is 5.73 Å². The molecule has 5 heteroatoms. The maximum Gasteiger partial charge on any atom is 0.151 e. The molecule has 4 nitrogen and oxygen atoms in total. The highest BCUT2D eigenvalue weighted by Crippen LogP contribution is 2.26. The first-order valence-electron chi connectivity index (χ1n) is 5.72. The molecule has 0 radical (unpaired) electrons. The largest absolute Gasteiger partial charge is 0.357 e. The number of hydrogen-bond acceptors (Lipinski definition) is 4. The lowest BCUT2D eigenvalue weighted by Gasteiger charge is -2.16. The summed E-state index contributed by atoms with van der Waals surface area (Å²) in [4.78, 5) is 1.98. The predicted octanol–water partition coefficient (Wildman–Crippen LogP) is 2.30. The summed E-state index contributed by atoms with van der Waals surface area (Å²) in [5, 5.41) is 8.46. The van der Waals surface area contributed by atoms with Crippen molar-refractivity contribution >= 4 is 21.7 Å². The quantitative estimate of drug-likeness (QED) is 0.942. The molecule has 0 saturated heterocycles. The lowest BCUT2D eigenvalue weighted by molar-refractivity contribution is 0.848. The van der Waals surface area contributed by atoms with Gasteiger partial charge in [0.15, 0.2) is 5.82 Å². The van der Waals surface area contributed by atoms with Gasteiger partial charge in [-0.25, -0.2) is 0 Å². The van der Waals surface area contributed by atoms with Crippen molar-refractivity contribution in [3.63, 3.8) is 0 Å². The molecule has 0 fully saturated rings. The molecule has 0 aliphatic carbocycles. The second kappa shape index (κ2) is 5.93. The van der Waals surface area contributed by atoms with Crippen LogP contribution in [0.2, 0.25) is 0 Å². The second-order valence-electron chi connectivity index (χ2n) is 3.97. The van der Waals surface area contributed by atoms with Gasteiger partial charge in [-0.3, -0.25) is 0 Å². The van der Waals surface area contributed by atoms with E-state index in [9.17, 15) is 0 Å². The van der Waals surface area contributed by atoms with Crippen LogP contribution in [0.3, 0.4) is 0 Å². The molecular weight excluding hydrogens is 292 g/mol. The van der Waals surface area contributed by atoms with E-state index < -0.39 is 0 Å². The zero-order valence-corrected chi connectivity index (χ0v) is 11.8. The summed E-state index contributed by atoms with van der Waals surface area (Å²) in [5.74, 6) is 0.830. The normalized spacial score (nSPS) is 10.4. The van der Waals surface area contributed by atoms with Gasteiger partial charge in [-0.2, -0.15) is 0 Å². The highest BCUT2D eigenvalue weighted by Gasteiger charge is 2.06. The molecule has 2 aromatic rings. The molecule has 1 aromatic carbocycles. The van der Waals surface area contributed by atoms with Crippen LogP contribution < -0.4 is 10.6 Å². The van der Waals surface area contributed by atoms with Gasteiger partial charge in [-0.15, -0.1) is 10.2 Å². The monoisotopic (exact) mass is 306 g/mol. The van der Waals surface area contributed by atoms with Crippen LogP contribution >= 0.6 is 15.9 Å². The number of likely N-dealkylation sites (N-methyl/N-ethyl adjacent to an activating group) is 1. The summed E-state index contributed by atoms with van der Waals surface area (Å²) in [5.41, 5.74) is 7.41. The third-order valence-electron chi connectivity index (χ3n) is 2.66. The number of nitrogens with zero attached hydrogens (tertiary/aromatic N) is 3. The Morgan fingerprint density at radius 1 is 1.17 bits per heavy atom. The van der Waals surface area contributed by atoms with Crippen LogP contribution in [-0.2, 0) is 0 Å². The lowest BCUT2D eigenvalue weighted by Crippen LogP contribution is -2.25. The molecule has 0 aliphatic rings. The third-order valence-corrected chi connectivity index (χ3v) is 3.35. The Labute approximate surface area is 115 Å². The van der Waals surface area contributed by atoms with Crippen LogP contribution in [0.1, 0.15) is 0 Å². The first-order valence-corrected chi connectivity index (χ1v) is 6.51. The zero-order chi connectivity index (χ0) is 13.0. The smallest absolute Gasteiger partial charge is 0.151 e. The molecule has 0 unspecified atom stereocenters. The Bertz CT molecular complexity index is 513. The van der Waals surface area contributed by atoms with Crippen LogP contribution in [0.5, 0.6) is 0 Å². The standard InChI is InChI=1S/C13H15BrN4/c1-18(9-8-15)13-7-6-12(16-17-13)10-4-2-3-5-11(10)14/h2-7H,8-9,15H2,1H3. The first kappa shape index (κ1) is 13.0. The van der Waals surface area contributed by atoms with Crippen LogP contribution in [0.4, 0.5) is 5.82 Å². The van der Waals surface area contributed by atoms with Gasteiger partial charge in [-0.05, 0) is 18.2 Å². The number of benzene rings is 1. The van der Waals surface area contributed by atoms with E-state index in [1.54, 1.807) is 0 Å². The van der Waals surface area contributed by atoms with Gasteiger partial charge in [0.05, 0.1) is 5.69 Å². The van der Waals surface area contributed by atoms with E-state index >= 15 is 0 Å². The highest BCUT2D eigenvalue weighted by molar-refractivity contribution is 9.10. The minimum Gasteiger partial charge on any atom is -0.357 e. The molecule has 0 aliphatic heterocycles. The van der Waals surface area contributed by atoms with Crippen molar-refractivity contribution in [3.8, 4) is 11.3 Å². The van der Waals surface area contributed by atoms with Crippen LogP contribution in [-0.4, -0.2) is 30.3 Å². The summed E-state index contributed by atoms with van der Waals surface area (Å²) in [6.45, 7) is 1.37. The Balaban J connectivity index is 2.25. The molecule has 18 heavy (non-hydrogen) atoms. The second-order valence-corrected chi connectivity index (χ2v) is 4.82. The molecule has 1 aromatic heterocycles. The average Bonchev–Trinajstić information content (AvgIpc) is 2.40. The third kappa shape index (κ3) is 2.86. The van der Waals surface area contributed by atoms with E-state index in [-0.39, 0.29) is 0 Å². The summed E-state index contributed by atoms with van der Waals surface area (Å²) >= 11 is 3.51. The first-order chi connectivity index (χ1) is 8.72. The molecule has 0 bridgehead atoms. The average molecular weight is 307 g/mol. The van der Waals surface area contributed by atoms with Crippen molar-refractivity contribution in [2.45, 2.75) is 0 Å². The topological polar surface area (TPSA) is 55.0 Å². The highest BCUT2D eigenvalue weighted by atomic mass is 79.9. The molecule has 0 atom stereocenters. The van der Waals surface area contributed by atoms with Gasteiger partial charge in [-0.1, -0.05) is 34.1 Å². The Morgan fingerprint density at radius 3 is 2.56 bits per heavy atom. The predicted molar refractivity (Wildman–Crippen MR) is 77.5 cm³/mol. The summed E-state index contributed by atoms with van der Waals surface area (Å²) in [6.07, 6.45) is 0. The molecular formula is C13H15BrN4. The Hall–Kier alpha value is -1.46. The maximum atomic E-state index is 5.51. The van der Waals surface area contributed by atoms with Crippen LogP contribution in [0.15, 0.2) is 40.9 Å². The van der Waals surface area contributed by atoms with E-state index in [0.717, 1.165) is 28.1 Å². The fourth-order valence-corrected chi connectivity index (χ4v) is 2.14. The van der Waals surface area contributed by atoms with Crippen molar-refractivity contribution in [1.82, 2.24) is 10.2 Å². The van der Waals surface area contributed by atoms with Gasteiger partial charge in [0.1, 0.15) is 0 Å². The van der Waals surface area contributed by atoms with Gasteiger partial charge in [0, 0.05) is 30.2 Å². The van der Waals surface area contributed by atoms with Crippen molar-refractivity contribution in [2.24, 2.45) is 5.73 Å². The van der Waals surface area contributed by atoms with Crippen molar-refractivity contribution in [2.75, 3.05) is 25.0 Å².